The van der Waals surface area contributed by atoms with Gasteiger partial charge < -0.3 is 9.47 Å². The SMILES string of the molecule is COC(=O)C1=C(C(=O)OC)C2C=CC1C(=O)C2(C)C. The van der Waals surface area contributed by atoms with Gasteiger partial charge in [-0.25, -0.2) is 9.59 Å². The van der Waals surface area contributed by atoms with E-state index in [1.807, 2.05) is 0 Å². The molecule has 3 rings (SSSR count). The Bertz CT molecular complexity index is 524. The van der Waals surface area contributed by atoms with Gasteiger partial charge in [0, 0.05) is 11.3 Å². The molecule has 0 saturated heterocycles. The molecule has 2 bridgehead atoms. The third-order valence-corrected chi connectivity index (χ3v) is 3.91. The Morgan fingerprint density at radius 1 is 1.05 bits per heavy atom. The lowest BCUT2D eigenvalue weighted by Gasteiger charge is -2.43. The molecular weight excluding hydrogens is 248 g/mol. The van der Waals surface area contributed by atoms with Crippen LogP contribution in [0.1, 0.15) is 13.8 Å². The van der Waals surface area contributed by atoms with Gasteiger partial charge in [-0.2, -0.15) is 0 Å². The number of Topliss-reactive ketones (excluding diaryl/α,β-unsaturated/α-hetero) is 1. The zero-order valence-electron chi connectivity index (χ0n) is 11.4. The summed E-state index contributed by atoms with van der Waals surface area (Å²) in [5, 5.41) is 0. The number of ketones is 1. The van der Waals surface area contributed by atoms with Crippen molar-refractivity contribution in [3.63, 3.8) is 0 Å². The Balaban J connectivity index is 2.66. The highest BCUT2D eigenvalue weighted by atomic mass is 16.5. The predicted molar refractivity (Wildman–Crippen MR) is 66.0 cm³/mol. The molecule has 0 fully saturated rings. The number of rotatable bonds is 2. The summed E-state index contributed by atoms with van der Waals surface area (Å²) in [7, 11) is 2.48. The molecule has 0 aromatic carbocycles. The van der Waals surface area contributed by atoms with Crippen LogP contribution >= 0.6 is 0 Å². The van der Waals surface area contributed by atoms with Crippen LogP contribution in [-0.2, 0) is 23.9 Å². The van der Waals surface area contributed by atoms with Crippen LogP contribution < -0.4 is 0 Å². The highest BCUT2D eigenvalue weighted by Gasteiger charge is 2.53. The Labute approximate surface area is 111 Å². The molecule has 0 saturated carbocycles. The largest absolute Gasteiger partial charge is 0.466 e. The van der Waals surface area contributed by atoms with Gasteiger partial charge in [0.1, 0.15) is 0 Å². The van der Waals surface area contributed by atoms with E-state index in [9.17, 15) is 14.4 Å². The fourth-order valence-electron chi connectivity index (χ4n) is 2.82. The summed E-state index contributed by atoms with van der Waals surface area (Å²) in [6.07, 6.45) is 3.46. The van der Waals surface area contributed by atoms with Crippen molar-refractivity contribution >= 4 is 17.7 Å². The zero-order chi connectivity index (χ0) is 14.4. The molecule has 2 atom stereocenters. The van der Waals surface area contributed by atoms with E-state index in [-0.39, 0.29) is 16.9 Å². The lowest BCUT2D eigenvalue weighted by atomic mass is 9.58. The van der Waals surface area contributed by atoms with Crippen LogP contribution in [-0.4, -0.2) is 31.9 Å². The Kier molecular flexibility index (Phi) is 3.08. The monoisotopic (exact) mass is 264 g/mol. The standard InChI is InChI=1S/C14H16O5/c1-14(2)8-6-5-7(11(14)15)9(12(16)18-3)10(8)13(17)19-4/h5-8H,1-4H3. The minimum atomic E-state index is -0.722. The van der Waals surface area contributed by atoms with Crippen LogP contribution in [0.4, 0.5) is 0 Å². The maximum absolute atomic E-state index is 12.4. The van der Waals surface area contributed by atoms with Gasteiger partial charge in [0.25, 0.3) is 0 Å². The third kappa shape index (κ3) is 1.72. The van der Waals surface area contributed by atoms with Gasteiger partial charge in [-0.05, 0) is 0 Å². The Morgan fingerprint density at radius 3 is 2.11 bits per heavy atom. The molecule has 19 heavy (non-hydrogen) atoms. The number of allylic oxidation sites excluding steroid dienone is 2. The van der Waals surface area contributed by atoms with Crippen molar-refractivity contribution < 1.29 is 23.9 Å². The van der Waals surface area contributed by atoms with Gasteiger partial charge in [0.15, 0.2) is 5.78 Å². The molecule has 102 valence electrons. The number of fused-ring (bicyclic) bond motifs is 1. The van der Waals surface area contributed by atoms with E-state index in [2.05, 4.69) is 0 Å². The van der Waals surface area contributed by atoms with Crippen LogP contribution in [0, 0.1) is 17.3 Å². The van der Waals surface area contributed by atoms with Crippen molar-refractivity contribution in [1.82, 2.24) is 0 Å². The molecule has 3 aliphatic rings. The number of methoxy groups -OCH3 is 2. The van der Waals surface area contributed by atoms with Crippen molar-refractivity contribution in [2.24, 2.45) is 17.3 Å². The van der Waals surface area contributed by atoms with Crippen LogP contribution in [0.15, 0.2) is 23.3 Å². The maximum atomic E-state index is 12.4. The molecular formula is C14H16O5. The van der Waals surface area contributed by atoms with Gasteiger partial charge >= 0.3 is 11.9 Å². The van der Waals surface area contributed by atoms with E-state index < -0.39 is 29.2 Å². The van der Waals surface area contributed by atoms with Gasteiger partial charge in [-0.1, -0.05) is 26.0 Å². The smallest absolute Gasteiger partial charge is 0.335 e. The van der Waals surface area contributed by atoms with Crippen molar-refractivity contribution in [3.8, 4) is 0 Å². The molecule has 0 radical (unpaired) electrons. The van der Waals surface area contributed by atoms with Crippen molar-refractivity contribution in [1.29, 1.82) is 0 Å². The van der Waals surface area contributed by atoms with Gasteiger partial charge in [-0.15, -0.1) is 0 Å². The zero-order valence-corrected chi connectivity index (χ0v) is 11.4. The summed E-state index contributed by atoms with van der Waals surface area (Å²) in [5.74, 6) is -2.48. The van der Waals surface area contributed by atoms with E-state index in [1.54, 1.807) is 26.0 Å². The highest BCUT2D eigenvalue weighted by Crippen LogP contribution is 2.49. The molecule has 0 heterocycles. The third-order valence-electron chi connectivity index (χ3n) is 3.91. The van der Waals surface area contributed by atoms with E-state index >= 15 is 0 Å². The summed E-state index contributed by atoms with van der Waals surface area (Å²) in [6, 6.07) is 0. The summed E-state index contributed by atoms with van der Waals surface area (Å²) in [6.45, 7) is 3.54. The molecule has 0 aliphatic heterocycles. The van der Waals surface area contributed by atoms with Crippen molar-refractivity contribution in [3.05, 3.63) is 23.3 Å². The quantitative estimate of drug-likeness (QED) is 0.550. The van der Waals surface area contributed by atoms with Crippen LogP contribution in [0.25, 0.3) is 0 Å². The summed E-state index contributed by atoms with van der Waals surface area (Å²) in [5.41, 5.74) is -0.363. The topological polar surface area (TPSA) is 69.7 Å². The molecule has 0 spiro atoms. The lowest BCUT2D eigenvalue weighted by molar-refractivity contribution is -0.144. The number of hydrogen-bond acceptors (Lipinski definition) is 5. The number of esters is 2. The first-order valence-electron chi connectivity index (χ1n) is 5.99. The summed E-state index contributed by atoms with van der Waals surface area (Å²) in [4.78, 5) is 36.2. The van der Waals surface area contributed by atoms with Crippen LogP contribution in [0.2, 0.25) is 0 Å². The number of carbonyl (C=O) groups is 3. The second-order valence-electron chi connectivity index (χ2n) is 5.24. The minimum absolute atomic E-state index is 0.0759. The average molecular weight is 264 g/mol. The number of ether oxygens (including phenoxy) is 2. The maximum Gasteiger partial charge on any atom is 0.335 e. The van der Waals surface area contributed by atoms with E-state index in [0.29, 0.717) is 0 Å². The van der Waals surface area contributed by atoms with E-state index in [4.69, 9.17) is 9.47 Å². The molecule has 0 amide bonds. The molecule has 0 aromatic heterocycles. The second kappa shape index (κ2) is 4.33. The Hall–Kier alpha value is -1.91. The van der Waals surface area contributed by atoms with Crippen molar-refractivity contribution in [2.75, 3.05) is 14.2 Å². The van der Waals surface area contributed by atoms with Crippen LogP contribution in [0.3, 0.4) is 0 Å². The first-order chi connectivity index (χ1) is 8.86. The van der Waals surface area contributed by atoms with E-state index in [0.717, 1.165) is 0 Å². The van der Waals surface area contributed by atoms with Crippen LogP contribution in [0.5, 0.6) is 0 Å². The molecule has 0 N–H and O–H groups in total. The molecule has 2 unspecified atom stereocenters. The lowest BCUT2D eigenvalue weighted by Crippen LogP contribution is -2.48. The highest BCUT2D eigenvalue weighted by molar-refractivity contribution is 6.11. The predicted octanol–water partition coefficient (Wildman–Crippen LogP) is 1.04. The molecule has 3 aliphatic carbocycles. The first kappa shape index (κ1) is 13.5. The molecule has 0 aromatic rings. The molecule has 5 nitrogen and oxygen atoms in total. The fourth-order valence-corrected chi connectivity index (χ4v) is 2.82. The fraction of sp³-hybridized carbons (Fsp3) is 0.500. The minimum Gasteiger partial charge on any atom is -0.466 e. The van der Waals surface area contributed by atoms with Gasteiger partial charge in [0.05, 0.1) is 31.3 Å². The van der Waals surface area contributed by atoms with E-state index in [1.165, 1.54) is 14.2 Å². The Morgan fingerprint density at radius 2 is 1.58 bits per heavy atom. The van der Waals surface area contributed by atoms with Gasteiger partial charge in [0.2, 0.25) is 0 Å². The average Bonchev–Trinajstić information content (AvgIpc) is 2.41. The normalized spacial score (nSPS) is 27.5. The number of carbonyl (C=O) groups excluding carboxylic acids is 3. The summed E-state index contributed by atoms with van der Waals surface area (Å²) < 4.78 is 9.44. The van der Waals surface area contributed by atoms with Crippen molar-refractivity contribution in [2.45, 2.75) is 13.8 Å². The second-order valence-corrected chi connectivity index (χ2v) is 5.24. The molecule has 5 heteroatoms. The summed E-state index contributed by atoms with van der Waals surface area (Å²) >= 11 is 0. The van der Waals surface area contributed by atoms with Gasteiger partial charge in [-0.3, -0.25) is 4.79 Å². The first-order valence-corrected chi connectivity index (χ1v) is 5.99. The number of hydrogen-bond donors (Lipinski definition) is 0.